The maximum Gasteiger partial charge on any atom is 0.245 e. The molecule has 0 spiro atoms. The van der Waals surface area contributed by atoms with Crippen LogP contribution in [0.4, 0.5) is 0 Å². The van der Waals surface area contributed by atoms with Crippen LogP contribution >= 0.6 is 0 Å². The zero-order valence-electron chi connectivity index (χ0n) is 33.0. The maximum absolute atomic E-state index is 14.2. The minimum absolute atomic E-state index is 0.0141. The number of nitrogens with one attached hydrogen (secondary N) is 3. The van der Waals surface area contributed by atoms with Gasteiger partial charge < -0.3 is 40.3 Å². The van der Waals surface area contributed by atoms with Gasteiger partial charge >= 0.3 is 0 Å². The Hall–Kier alpha value is -3.06. The van der Waals surface area contributed by atoms with Gasteiger partial charge in [-0.1, -0.05) is 85.2 Å². The summed E-state index contributed by atoms with van der Waals surface area (Å²) in [6.07, 6.45) is 1.15. The minimum atomic E-state index is -0.844. The van der Waals surface area contributed by atoms with Crippen molar-refractivity contribution in [3.05, 3.63) is 35.9 Å². The Morgan fingerprint density at radius 3 is 2.10 bits per heavy atom. The Balaban J connectivity index is 2.25. The fourth-order valence-electron chi connectivity index (χ4n) is 7.37. The number of methoxy groups -OCH3 is 2. The summed E-state index contributed by atoms with van der Waals surface area (Å²) in [6, 6.07) is 7.18. The highest BCUT2D eigenvalue weighted by atomic mass is 16.5. The molecule has 290 valence electrons. The second-order valence-corrected chi connectivity index (χ2v) is 14.9. The molecule has 0 radical (unpaired) electrons. The van der Waals surface area contributed by atoms with Crippen LogP contribution in [0.5, 0.6) is 0 Å². The van der Waals surface area contributed by atoms with Gasteiger partial charge in [-0.25, -0.2) is 0 Å². The minimum Gasteiger partial charge on any atom is -0.387 e. The van der Waals surface area contributed by atoms with Crippen molar-refractivity contribution in [1.29, 1.82) is 0 Å². The van der Waals surface area contributed by atoms with Crippen molar-refractivity contribution in [3.8, 4) is 0 Å². The van der Waals surface area contributed by atoms with Gasteiger partial charge in [0, 0.05) is 34.4 Å². The van der Waals surface area contributed by atoms with E-state index >= 15 is 0 Å². The zero-order chi connectivity index (χ0) is 38.4. The third kappa shape index (κ3) is 12.0. The number of hydrogen-bond acceptors (Lipinski definition) is 8. The van der Waals surface area contributed by atoms with E-state index in [1.807, 2.05) is 76.8 Å². The van der Waals surface area contributed by atoms with Gasteiger partial charge in [0.1, 0.15) is 6.04 Å². The summed E-state index contributed by atoms with van der Waals surface area (Å²) in [5.41, 5.74) is 0.714. The van der Waals surface area contributed by atoms with Crippen LogP contribution in [-0.4, -0.2) is 116 Å². The fraction of sp³-hybridized carbons (Fsp3) is 0.744. The highest BCUT2D eigenvalue weighted by Gasteiger charge is 2.42. The Bertz CT molecular complexity index is 1230. The third-order valence-electron chi connectivity index (χ3n) is 10.7. The van der Waals surface area contributed by atoms with Crippen molar-refractivity contribution in [2.75, 3.05) is 41.4 Å². The standard InChI is InChI=1S/C39H67N5O7/c1-12-26(6)35(43(9)39(49)34(25(4)5)42-38(48)33(40-8)24(2)3)31(50-10)22-32(46)44-21-17-16-20-29(44)36(51-11)27(7)37(47)41-23-30(45)28-18-14-13-15-19-28/h13-15,18-19,24-27,29-31,33-36,40,45H,12,16-17,20-23H2,1-11H3,(H,41,47)(H,42,48)/t26-,27+,29-,30+,31+,33-,34-,35-,36+/m0/s1. The van der Waals surface area contributed by atoms with E-state index in [9.17, 15) is 24.3 Å². The molecule has 0 bridgehead atoms. The molecule has 0 unspecified atom stereocenters. The van der Waals surface area contributed by atoms with Crippen LogP contribution < -0.4 is 16.0 Å². The molecule has 4 N–H and O–H groups in total. The number of carbonyl (C=O) groups is 4. The number of ether oxygens (including phenoxy) is 2. The number of aliphatic hydroxyl groups is 1. The first-order valence-electron chi connectivity index (χ1n) is 18.7. The lowest BCUT2D eigenvalue weighted by Crippen LogP contribution is -2.60. The highest BCUT2D eigenvalue weighted by Crippen LogP contribution is 2.29. The molecular weight excluding hydrogens is 650 g/mol. The lowest BCUT2D eigenvalue weighted by Gasteiger charge is -2.43. The van der Waals surface area contributed by atoms with E-state index in [1.165, 1.54) is 0 Å². The van der Waals surface area contributed by atoms with Crippen LogP contribution in [0.3, 0.4) is 0 Å². The molecule has 12 heteroatoms. The Morgan fingerprint density at radius 2 is 1.57 bits per heavy atom. The predicted molar refractivity (Wildman–Crippen MR) is 200 cm³/mol. The van der Waals surface area contributed by atoms with Crippen LogP contribution in [0.15, 0.2) is 30.3 Å². The molecule has 1 saturated heterocycles. The van der Waals surface area contributed by atoms with Gasteiger partial charge in [0.2, 0.25) is 23.6 Å². The van der Waals surface area contributed by atoms with E-state index in [0.29, 0.717) is 18.5 Å². The molecule has 9 atom stereocenters. The van der Waals surface area contributed by atoms with Gasteiger partial charge in [0.15, 0.2) is 0 Å². The van der Waals surface area contributed by atoms with E-state index in [-0.39, 0.29) is 60.4 Å². The second kappa shape index (κ2) is 21.5. The lowest BCUT2D eigenvalue weighted by atomic mass is 9.87. The number of carbonyl (C=O) groups excluding carboxylic acids is 4. The van der Waals surface area contributed by atoms with E-state index < -0.39 is 42.4 Å². The Labute approximate surface area is 306 Å². The molecule has 1 heterocycles. The quantitative estimate of drug-likeness (QED) is 0.160. The first kappa shape index (κ1) is 44.1. The van der Waals surface area contributed by atoms with Crippen LogP contribution in [0.25, 0.3) is 0 Å². The third-order valence-corrected chi connectivity index (χ3v) is 10.7. The van der Waals surface area contributed by atoms with Gasteiger partial charge in [-0.2, -0.15) is 0 Å². The van der Waals surface area contributed by atoms with Crippen LogP contribution in [-0.2, 0) is 28.7 Å². The number of amides is 4. The average Bonchev–Trinajstić information content (AvgIpc) is 3.12. The van der Waals surface area contributed by atoms with Crippen molar-refractivity contribution in [2.24, 2.45) is 23.7 Å². The van der Waals surface area contributed by atoms with Gasteiger partial charge in [0.05, 0.1) is 48.8 Å². The number of likely N-dealkylation sites (tertiary alicyclic amines) is 1. The summed E-state index contributed by atoms with van der Waals surface area (Å²) in [4.78, 5) is 58.3. The molecule has 12 nitrogen and oxygen atoms in total. The van der Waals surface area contributed by atoms with Crippen LogP contribution in [0.2, 0.25) is 0 Å². The molecule has 2 rings (SSSR count). The highest BCUT2D eigenvalue weighted by molar-refractivity contribution is 5.90. The van der Waals surface area contributed by atoms with Gasteiger partial charge in [-0.15, -0.1) is 0 Å². The smallest absolute Gasteiger partial charge is 0.245 e. The molecule has 0 aliphatic carbocycles. The van der Waals surface area contributed by atoms with E-state index in [1.54, 1.807) is 40.1 Å². The summed E-state index contributed by atoms with van der Waals surface area (Å²) in [5, 5.41) is 19.5. The molecule has 1 fully saturated rings. The number of piperidine rings is 1. The number of rotatable bonds is 20. The maximum atomic E-state index is 14.2. The van der Waals surface area contributed by atoms with Gasteiger partial charge in [-0.05, 0) is 49.6 Å². The topological polar surface area (TPSA) is 150 Å². The summed E-state index contributed by atoms with van der Waals surface area (Å²) in [7, 11) is 6.59. The largest absolute Gasteiger partial charge is 0.387 e. The lowest BCUT2D eigenvalue weighted by molar-refractivity contribution is -0.150. The van der Waals surface area contributed by atoms with Crippen LogP contribution in [0.1, 0.15) is 92.2 Å². The summed E-state index contributed by atoms with van der Waals surface area (Å²) in [5.74, 6) is -1.59. The molecule has 0 saturated carbocycles. The van der Waals surface area contributed by atoms with Crippen molar-refractivity contribution < 1.29 is 33.8 Å². The SMILES string of the molecule is CC[C@H](C)[C@@H]([C@@H](CC(=O)N1CCCC[C@H]1[C@H](OC)[C@@H](C)C(=O)NC[C@@H](O)c1ccccc1)OC)N(C)C(=O)[C@@H](NC(=O)[C@@H](NC)C(C)C)C(C)C. The summed E-state index contributed by atoms with van der Waals surface area (Å²) in [6.45, 7) is 14.2. The van der Waals surface area contributed by atoms with Crippen molar-refractivity contribution in [1.82, 2.24) is 25.8 Å². The number of nitrogens with zero attached hydrogens (tertiary/aromatic N) is 2. The number of aliphatic hydroxyl groups excluding tert-OH is 1. The van der Waals surface area contributed by atoms with Gasteiger partial charge in [-0.3, -0.25) is 19.2 Å². The number of hydrogen-bond donors (Lipinski definition) is 4. The predicted octanol–water partition coefficient (Wildman–Crippen LogP) is 3.53. The fourth-order valence-corrected chi connectivity index (χ4v) is 7.37. The first-order chi connectivity index (χ1) is 24.1. The number of likely N-dealkylation sites (N-methyl/N-ethyl adjacent to an activating group) is 2. The average molecular weight is 718 g/mol. The monoisotopic (exact) mass is 718 g/mol. The molecule has 1 aliphatic rings. The Kier molecular flexibility index (Phi) is 18.6. The normalized spacial score (nSPS) is 19.7. The van der Waals surface area contributed by atoms with Gasteiger partial charge in [0.25, 0.3) is 0 Å². The zero-order valence-corrected chi connectivity index (χ0v) is 33.0. The van der Waals surface area contributed by atoms with Crippen LogP contribution in [0, 0.1) is 23.7 Å². The van der Waals surface area contributed by atoms with E-state index in [0.717, 1.165) is 19.3 Å². The molecule has 1 aromatic carbocycles. The molecule has 51 heavy (non-hydrogen) atoms. The molecule has 1 aromatic rings. The Morgan fingerprint density at radius 1 is 0.941 bits per heavy atom. The molecule has 0 aromatic heterocycles. The second-order valence-electron chi connectivity index (χ2n) is 14.9. The van der Waals surface area contributed by atoms with Crippen molar-refractivity contribution in [3.63, 3.8) is 0 Å². The summed E-state index contributed by atoms with van der Waals surface area (Å²) < 4.78 is 11.9. The molecule has 1 aliphatic heterocycles. The number of benzene rings is 1. The molecule has 4 amide bonds. The summed E-state index contributed by atoms with van der Waals surface area (Å²) >= 11 is 0. The van der Waals surface area contributed by atoms with Crippen molar-refractivity contribution in [2.45, 2.75) is 123 Å². The van der Waals surface area contributed by atoms with Crippen molar-refractivity contribution >= 4 is 23.6 Å². The first-order valence-corrected chi connectivity index (χ1v) is 18.7. The van der Waals surface area contributed by atoms with E-state index in [2.05, 4.69) is 16.0 Å². The van der Waals surface area contributed by atoms with E-state index in [4.69, 9.17) is 9.47 Å². The molecular formula is C39H67N5O7.